The van der Waals surface area contributed by atoms with Crippen molar-refractivity contribution in [2.75, 3.05) is 0 Å². The van der Waals surface area contributed by atoms with E-state index in [0.717, 1.165) is 0 Å². The molecule has 0 saturated heterocycles. The van der Waals surface area contributed by atoms with E-state index in [4.69, 9.17) is 21.1 Å². The minimum Gasteiger partial charge on any atom is -0.453 e. The second-order valence-corrected chi connectivity index (χ2v) is 3.70. The first-order valence-electron chi connectivity index (χ1n) is 5.34. The zero-order valence-electron chi connectivity index (χ0n) is 9.83. The van der Waals surface area contributed by atoms with Gasteiger partial charge in [-0.05, 0) is 23.8 Å². The van der Waals surface area contributed by atoms with Gasteiger partial charge in [0.15, 0.2) is 5.96 Å². The normalized spacial score (nSPS) is 9.63. The maximum Gasteiger partial charge on any atom is 0.280 e. The van der Waals surface area contributed by atoms with Crippen molar-refractivity contribution in [3.05, 3.63) is 47.9 Å². The molecule has 4 N–H and O–H groups in total. The third-order valence-electron chi connectivity index (χ3n) is 2.42. The molecule has 1 aromatic heterocycles. The van der Waals surface area contributed by atoms with Crippen molar-refractivity contribution in [2.45, 2.75) is 0 Å². The van der Waals surface area contributed by atoms with Crippen LogP contribution in [0.15, 0.2) is 46.0 Å². The van der Waals surface area contributed by atoms with Gasteiger partial charge in [-0.25, -0.2) is 0 Å². The Morgan fingerprint density at radius 2 is 2.11 bits per heavy atom. The maximum absolute atomic E-state index is 11.7. The Labute approximate surface area is 109 Å². The number of nitrogens with two attached hydrogens (primary N) is 2. The number of amides is 1. The van der Waals surface area contributed by atoms with Gasteiger partial charge in [0.05, 0.1) is 6.26 Å². The molecular weight excluding hydrogens is 244 g/mol. The molecule has 0 fully saturated rings. The zero-order valence-corrected chi connectivity index (χ0v) is 9.83. The molecule has 0 aliphatic carbocycles. The quantitative estimate of drug-likeness (QED) is 0.617. The number of carbonyl (C=O) groups is 1. The Hall–Kier alpha value is -3.07. The molecular formula is C13H10N4O2. The van der Waals surface area contributed by atoms with Gasteiger partial charge < -0.3 is 15.9 Å². The molecule has 0 spiro atoms. The van der Waals surface area contributed by atoms with Gasteiger partial charge in [0.25, 0.3) is 5.91 Å². The van der Waals surface area contributed by atoms with Crippen LogP contribution in [0.1, 0.15) is 16.1 Å². The third kappa shape index (κ3) is 2.61. The summed E-state index contributed by atoms with van der Waals surface area (Å²) in [6.07, 6.45) is 1.42. The summed E-state index contributed by atoms with van der Waals surface area (Å²) in [6, 6.07) is 10.2. The summed E-state index contributed by atoms with van der Waals surface area (Å²) in [6.45, 7) is 0. The van der Waals surface area contributed by atoms with Crippen LogP contribution in [-0.2, 0) is 0 Å². The van der Waals surface area contributed by atoms with Crippen LogP contribution in [0.2, 0.25) is 0 Å². The summed E-state index contributed by atoms with van der Waals surface area (Å²) in [5, 5.41) is 8.90. The summed E-state index contributed by atoms with van der Waals surface area (Å²) in [5.41, 5.74) is 11.9. The van der Waals surface area contributed by atoms with Gasteiger partial charge in [0.2, 0.25) is 5.76 Å². The molecule has 19 heavy (non-hydrogen) atoms. The van der Waals surface area contributed by atoms with E-state index in [1.54, 1.807) is 30.3 Å². The number of guanidine groups is 1. The highest BCUT2D eigenvalue weighted by Gasteiger charge is 2.11. The number of benzene rings is 1. The van der Waals surface area contributed by atoms with Crippen LogP contribution in [-0.4, -0.2) is 11.9 Å². The number of nitriles is 1. The van der Waals surface area contributed by atoms with E-state index in [1.165, 1.54) is 6.26 Å². The molecule has 0 saturated carbocycles. The number of hydrogen-bond donors (Lipinski definition) is 2. The van der Waals surface area contributed by atoms with Gasteiger partial charge in [0, 0.05) is 11.1 Å². The molecule has 1 aromatic carbocycles. The summed E-state index contributed by atoms with van der Waals surface area (Å²) in [4.78, 5) is 15.2. The molecule has 1 heterocycles. The van der Waals surface area contributed by atoms with Crippen molar-refractivity contribution in [3.63, 3.8) is 0 Å². The largest absolute Gasteiger partial charge is 0.453 e. The summed E-state index contributed by atoms with van der Waals surface area (Å²) >= 11 is 0. The second-order valence-electron chi connectivity index (χ2n) is 3.70. The molecule has 0 aliphatic heterocycles. The fourth-order valence-corrected chi connectivity index (χ4v) is 1.62. The van der Waals surface area contributed by atoms with E-state index in [-0.39, 0.29) is 11.7 Å². The van der Waals surface area contributed by atoms with E-state index in [9.17, 15) is 4.79 Å². The Balaban J connectivity index is 2.44. The molecule has 0 unspecified atom stereocenters. The summed E-state index contributed by atoms with van der Waals surface area (Å²) in [5.74, 6) is -0.647. The van der Waals surface area contributed by atoms with Crippen LogP contribution in [0.3, 0.4) is 0 Å². The molecule has 0 bridgehead atoms. The van der Waals surface area contributed by atoms with Crippen molar-refractivity contribution < 1.29 is 9.21 Å². The average molecular weight is 254 g/mol. The van der Waals surface area contributed by atoms with Crippen LogP contribution in [0, 0.1) is 11.3 Å². The standard InChI is InChI=1S/C13H10N4O2/c14-7-11-10(4-5-19-11)8-2-1-3-9(6-8)12(18)17-13(15)16/h1-6H,(H4,15,16,17,18). The average Bonchev–Trinajstić information content (AvgIpc) is 2.86. The topological polar surface area (TPSA) is 118 Å². The Kier molecular flexibility index (Phi) is 3.30. The van der Waals surface area contributed by atoms with Crippen molar-refractivity contribution >= 4 is 11.9 Å². The van der Waals surface area contributed by atoms with Crippen LogP contribution in [0.5, 0.6) is 0 Å². The monoisotopic (exact) mass is 254 g/mol. The van der Waals surface area contributed by atoms with Crippen LogP contribution >= 0.6 is 0 Å². The predicted molar refractivity (Wildman–Crippen MR) is 69.0 cm³/mol. The van der Waals surface area contributed by atoms with E-state index in [1.807, 2.05) is 6.07 Å². The lowest BCUT2D eigenvalue weighted by molar-refractivity contribution is 0.100. The van der Waals surface area contributed by atoms with Gasteiger partial charge in [-0.15, -0.1) is 0 Å². The summed E-state index contributed by atoms with van der Waals surface area (Å²) < 4.78 is 5.02. The minimum atomic E-state index is -0.538. The van der Waals surface area contributed by atoms with Gasteiger partial charge in [-0.1, -0.05) is 12.1 Å². The smallest absolute Gasteiger partial charge is 0.280 e. The molecule has 6 heteroatoms. The lowest BCUT2D eigenvalue weighted by Gasteiger charge is -2.01. The molecule has 0 radical (unpaired) electrons. The minimum absolute atomic E-state index is 0.187. The molecule has 1 amide bonds. The predicted octanol–water partition coefficient (Wildman–Crippen LogP) is 1.23. The molecule has 2 aromatic rings. The fraction of sp³-hybridized carbons (Fsp3) is 0. The molecule has 0 aliphatic rings. The van der Waals surface area contributed by atoms with E-state index in [0.29, 0.717) is 16.7 Å². The number of rotatable bonds is 2. The van der Waals surface area contributed by atoms with Crippen LogP contribution in [0.4, 0.5) is 0 Å². The van der Waals surface area contributed by atoms with Crippen molar-refractivity contribution in [3.8, 4) is 17.2 Å². The number of aliphatic imine (C=N–C) groups is 1. The molecule has 2 rings (SSSR count). The van der Waals surface area contributed by atoms with E-state index >= 15 is 0 Å². The van der Waals surface area contributed by atoms with Crippen molar-refractivity contribution in [1.29, 1.82) is 5.26 Å². The zero-order chi connectivity index (χ0) is 13.8. The number of furan rings is 1. The third-order valence-corrected chi connectivity index (χ3v) is 2.42. The van der Waals surface area contributed by atoms with Crippen molar-refractivity contribution in [1.82, 2.24) is 0 Å². The summed E-state index contributed by atoms with van der Waals surface area (Å²) in [7, 11) is 0. The second kappa shape index (κ2) is 5.06. The highest BCUT2D eigenvalue weighted by Crippen LogP contribution is 2.25. The Bertz CT molecular complexity index is 691. The van der Waals surface area contributed by atoms with Gasteiger partial charge in [-0.3, -0.25) is 4.79 Å². The first-order chi connectivity index (χ1) is 9.11. The van der Waals surface area contributed by atoms with Crippen LogP contribution in [0.25, 0.3) is 11.1 Å². The highest BCUT2D eigenvalue weighted by atomic mass is 16.3. The van der Waals surface area contributed by atoms with Gasteiger partial charge >= 0.3 is 0 Å². The lowest BCUT2D eigenvalue weighted by atomic mass is 10.0. The maximum atomic E-state index is 11.7. The van der Waals surface area contributed by atoms with Gasteiger partial charge in [0.1, 0.15) is 6.07 Å². The SMILES string of the molecule is N#Cc1occc1-c1cccc(C(=O)N=C(N)N)c1. The Morgan fingerprint density at radius 3 is 2.79 bits per heavy atom. The fourth-order valence-electron chi connectivity index (χ4n) is 1.62. The number of carbonyl (C=O) groups excluding carboxylic acids is 1. The number of hydrogen-bond acceptors (Lipinski definition) is 3. The highest BCUT2D eigenvalue weighted by molar-refractivity contribution is 6.02. The van der Waals surface area contributed by atoms with Gasteiger partial charge in [-0.2, -0.15) is 10.3 Å². The van der Waals surface area contributed by atoms with E-state index in [2.05, 4.69) is 4.99 Å². The Morgan fingerprint density at radius 1 is 1.32 bits per heavy atom. The molecule has 6 nitrogen and oxygen atoms in total. The first kappa shape index (κ1) is 12.4. The first-order valence-corrected chi connectivity index (χ1v) is 5.34. The lowest BCUT2D eigenvalue weighted by Crippen LogP contribution is -2.24. The molecule has 94 valence electrons. The van der Waals surface area contributed by atoms with Crippen molar-refractivity contribution in [2.24, 2.45) is 16.5 Å². The number of nitrogens with zero attached hydrogens (tertiary/aromatic N) is 2. The molecule has 0 atom stereocenters. The van der Waals surface area contributed by atoms with E-state index < -0.39 is 5.91 Å². The van der Waals surface area contributed by atoms with Crippen LogP contribution < -0.4 is 11.5 Å².